The van der Waals surface area contributed by atoms with Crippen LogP contribution in [0.2, 0.25) is 5.02 Å². The lowest BCUT2D eigenvalue weighted by molar-refractivity contribution is -0.131. The lowest BCUT2D eigenvalue weighted by atomic mass is 9.73. The molecule has 0 radical (unpaired) electrons. The number of nitrogens with zero attached hydrogens (tertiary/aromatic N) is 3. The molecular formula is C28H20ClFN4O2. The molecule has 6 nitrogen and oxygen atoms in total. The summed E-state index contributed by atoms with van der Waals surface area (Å²) in [5.41, 5.74) is 5.52. The highest BCUT2D eigenvalue weighted by Crippen LogP contribution is 2.45. The second kappa shape index (κ2) is 9.76. The molecule has 1 aliphatic rings. The number of carboxylic acid groups (broad SMARTS) is 1. The quantitative estimate of drug-likeness (QED) is 0.296. The second-order valence-electron chi connectivity index (χ2n) is 8.64. The first-order valence-corrected chi connectivity index (χ1v) is 11.8. The van der Waals surface area contributed by atoms with Gasteiger partial charge in [0.25, 0.3) is 0 Å². The van der Waals surface area contributed by atoms with Crippen LogP contribution in [-0.4, -0.2) is 26.3 Å². The van der Waals surface area contributed by atoms with Gasteiger partial charge in [0.1, 0.15) is 6.07 Å². The van der Waals surface area contributed by atoms with Gasteiger partial charge in [0.05, 0.1) is 27.2 Å². The molecule has 0 bridgehead atoms. The van der Waals surface area contributed by atoms with Crippen molar-refractivity contribution in [1.82, 2.24) is 15.2 Å². The summed E-state index contributed by atoms with van der Waals surface area (Å²) in [4.78, 5) is 15.5. The van der Waals surface area contributed by atoms with E-state index in [1.807, 2.05) is 30.3 Å². The number of H-pyrrole nitrogens is 1. The predicted molar refractivity (Wildman–Crippen MR) is 136 cm³/mol. The Morgan fingerprint density at radius 3 is 2.58 bits per heavy atom. The Bertz CT molecular complexity index is 1580. The van der Waals surface area contributed by atoms with E-state index in [9.17, 15) is 14.4 Å². The number of carbonyl (C=O) groups is 1. The van der Waals surface area contributed by atoms with E-state index in [1.165, 1.54) is 12.3 Å². The Morgan fingerprint density at radius 2 is 1.92 bits per heavy atom. The Morgan fingerprint density at radius 1 is 1.17 bits per heavy atom. The molecule has 4 aromatic rings. The van der Waals surface area contributed by atoms with Gasteiger partial charge in [-0.1, -0.05) is 48.4 Å². The number of nitrogens with one attached hydrogen (secondary N) is 1. The Labute approximate surface area is 211 Å². The van der Waals surface area contributed by atoms with Crippen LogP contribution in [0.5, 0.6) is 0 Å². The third-order valence-electron chi connectivity index (χ3n) is 6.43. The van der Waals surface area contributed by atoms with Crippen LogP contribution in [0.25, 0.3) is 28.1 Å². The van der Waals surface area contributed by atoms with Gasteiger partial charge in [0.2, 0.25) is 5.95 Å². The van der Waals surface area contributed by atoms with Crippen molar-refractivity contribution in [2.45, 2.75) is 19.3 Å². The van der Waals surface area contributed by atoms with Crippen molar-refractivity contribution in [3.63, 3.8) is 0 Å². The fraction of sp³-hybridized carbons (Fsp3) is 0.143. The zero-order valence-corrected chi connectivity index (χ0v) is 19.8. The Hall–Kier alpha value is -4.28. The van der Waals surface area contributed by atoms with Crippen LogP contribution >= 0.6 is 11.6 Å². The first kappa shape index (κ1) is 23.5. The SMILES string of the molecule is N#Cc1cc(Cl)cnc1C(=C(c1ccc(C=CC(=O)O)cc1)c1ccc2n[nH]c(F)c2c1)C1CCC1. The molecule has 36 heavy (non-hydrogen) atoms. The van der Waals surface area contributed by atoms with Crippen LogP contribution in [-0.2, 0) is 4.79 Å². The van der Waals surface area contributed by atoms with Crippen LogP contribution in [0.4, 0.5) is 4.39 Å². The molecule has 178 valence electrons. The summed E-state index contributed by atoms with van der Waals surface area (Å²) < 4.78 is 14.5. The van der Waals surface area contributed by atoms with Gasteiger partial charge >= 0.3 is 5.97 Å². The van der Waals surface area contributed by atoms with Gasteiger partial charge in [-0.2, -0.15) is 14.8 Å². The molecule has 8 heteroatoms. The minimum absolute atomic E-state index is 0.164. The zero-order chi connectivity index (χ0) is 25.2. The van der Waals surface area contributed by atoms with Crippen LogP contribution in [0.1, 0.15) is 47.2 Å². The van der Waals surface area contributed by atoms with E-state index < -0.39 is 11.9 Å². The normalized spacial score (nSPS) is 14.5. The smallest absolute Gasteiger partial charge is 0.328 e. The average Bonchev–Trinajstić information content (AvgIpc) is 3.22. The van der Waals surface area contributed by atoms with Crippen molar-refractivity contribution in [2.75, 3.05) is 0 Å². The molecule has 0 spiro atoms. The summed E-state index contributed by atoms with van der Waals surface area (Å²) in [7, 11) is 0. The number of aliphatic carboxylic acids is 1. The van der Waals surface area contributed by atoms with Gasteiger partial charge in [-0.25, -0.2) is 4.79 Å². The molecule has 1 fully saturated rings. The molecule has 2 heterocycles. The van der Waals surface area contributed by atoms with Gasteiger partial charge < -0.3 is 5.11 Å². The monoisotopic (exact) mass is 498 g/mol. The van der Waals surface area contributed by atoms with Crippen LogP contribution in [0, 0.1) is 23.2 Å². The minimum Gasteiger partial charge on any atom is -0.478 e. The number of halogens is 2. The van der Waals surface area contributed by atoms with Gasteiger partial charge in [0.15, 0.2) is 0 Å². The van der Waals surface area contributed by atoms with Crippen LogP contribution in [0.3, 0.4) is 0 Å². The lowest BCUT2D eigenvalue weighted by Gasteiger charge is -2.31. The molecule has 2 aromatic carbocycles. The maximum atomic E-state index is 14.5. The summed E-state index contributed by atoms with van der Waals surface area (Å²) in [6.45, 7) is 0. The first-order valence-electron chi connectivity index (χ1n) is 11.4. The number of hydrogen-bond donors (Lipinski definition) is 2. The number of carboxylic acids is 1. The van der Waals surface area contributed by atoms with E-state index >= 15 is 0 Å². The molecule has 0 aliphatic heterocycles. The number of rotatable bonds is 6. The van der Waals surface area contributed by atoms with Crippen LogP contribution < -0.4 is 0 Å². The number of allylic oxidation sites excluding steroid dienone is 1. The topological polar surface area (TPSA) is 103 Å². The van der Waals surface area contributed by atoms with Crippen molar-refractivity contribution in [3.8, 4) is 6.07 Å². The van der Waals surface area contributed by atoms with Gasteiger partial charge in [0, 0.05) is 12.3 Å². The Kier molecular flexibility index (Phi) is 6.36. The first-order chi connectivity index (χ1) is 17.4. The summed E-state index contributed by atoms with van der Waals surface area (Å²) in [5.74, 6) is -1.38. The van der Waals surface area contributed by atoms with E-state index in [0.717, 1.165) is 53.2 Å². The van der Waals surface area contributed by atoms with E-state index in [0.29, 0.717) is 27.2 Å². The molecule has 0 unspecified atom stereocenters. The van der Waals surface area contributed by atoms with Crippen molar-refractivity contribution in [1.29, 1.82) is 5.26 Å². The highest BCUT2D eigenvalue weighted by molar-refractivity contribution is 6.30. The standard InChI is InChI=1S/C28H20ClFN4O2/c29-21-12-20(14-31)27(32-15-21)26(17-2-1-3-17)25(18-7-4-16(5-8-18)6-11-24(35)36)19-9-10-23-22(13-19)28(30)34-33-23/h4-13,15,17H,1-3H2,(H,33,34)(H,35,36). The number of benzene rings is 2. The second-order valence-corrected chi connectivity index (χ2v) is 9.08. The maximum absolute atomic E-state index is 14.5. The third-order valence-corrected chi connectivity index (χ3v) is 6.63. The molecule has 0 atom stereocenters. The van der Waals surface area contributed by atoms with Crippen molar-refractivity contribution in [2.24, 2.45) is 5.92 Å². The maximum Gasteiger partial charge on any atom is 0.328 e. The molecule has 1 saturated carbocycles. The molecule has 5 rings (SSSR count). The summed E-state index contributed by atoms with van der Waals surface area (Å²) in [6.07, 6.45) is 7.07. The number of nitriles is 1. The van der Waals surface area contributed by atoms with Gasteiger partial charge in [-0.15, -0.1) is 0 Å². The van der Waals surface area contributed by atoms with Gasteiger partial charge in [-0.3, -0.25) is 10.1 Å². The summed E-state index contributed by atoms with van der Waals surface area (Å²) in [6, 6.07) is 16.7. The summed E-state index contributed by atoms with van der Waals surface area (Å²) >= 11 is 6.15. The van der Waals surface area contributed by atoms with Crippen LogP contribution in [0.15, 0.2) is 60.8 Å². The number of pyridine rings is 1. The van der Waals surface area contributed by atoms with Gasteiger partial charge in [-0.05, 0) is 70.9 Å². The molecule has 0 saturated heterocycles. The molecule has 1 aliphatic carbocycles. The average molecular weight is 499 g/mol. The third kappa shape index (κ3) is 4.51. The number of hydrogen-bond acceptors (Lipinski definition) is 4. The highest BCUT2D eigenvalue weighted by Gasteiger charge is 2.30. The van der Waals surface area contributed by atoms with E-state index in [2.05, 4.69) is 21.3 Å². The van der Waals surface area contributed by atoms with Crippen molar-refractivity contribution in [3.05, 3.63) is 99.7 Å². The van der Waals surface area contributed by atoms with Crippen molar-refractivity contribution < 1.29 is 14.3 Å². The van der Waals surface area contributed by atoms with E-state index in [4.69, 9.17) is 16.7 Å². The zero-order valence-electron chi connectivity index (χ0n) is 19.0. The number of fused-ring (bicyclic) bond motifs is 1. The van der Waals surface area contributed by atoms with E-state index in [-0.39, 0.29) is 5.92 Å². The molecule has 0 amide bonds. The fourth-order valence-corrected chi connectivity index (χ4v) is 4.65. The number of aromatic amines is 1. The predicted octanol–water partition coefficient (Wildman–Crippen LogP) is 6.48. The molecular weight excluding hydrogens is 479 g/mol. The fourth-order valence-electron chi connectivity index (χ4n) is 4.49. The lowest BCUT2D eigenvalue weighted by Crippen LogP contribution is -2.17. The minimum atomic E-state index is -1.03. The Balaban J connectivity index is 1.79. The van der Waals surface area contributed by atoms with E-state index in [1.54, 1.807) is 18.2 Å². The highest BCUT2D eigenvalue weighted by atomic mass is 35.5. The molecule has 2 aromatic heterocycles. The molecule has 2 N–H and O–H groups in total. The van der Waals surface area contributed by atoms with Crippen molar-refractivity contribution >= 4 is 45.7 Å². The summed E-state index contributed by atoms with van der Waals surface area (Å²) in [5, 5.41) is 26.0. The largest absolute Gasteiger partial charge is 0.478 e. The number of aromatic nitrogens is 3.